The number of nitrogens with zero attached hydrogens (tertiary/aromatic N) is 2. The average Bonchev–Trinajstić information content (AvgIpc) is 2.16. The van der Waals surface area contributed by atoms with Crippen LogP contribution < -0.4 is 0 Å². The molecule has 0 aliphatic heterocycles. The van der Waals surface area contributed by atoms with E-state index in [4.69, 9.17) is 0 Å². The van der Waals surface area contributed by atoms with Crippen molar-refractivity contribution in [3.63, 3.8) is 0 Å². The second kappa shape index (κ2) is 4.56. The van der Waals surface area contributed by atoms with Crippen LogP contribution in [0.25, 0.3) is 0 Å². The van der Waals surface area contributed by atoms with E-state index in [0.29, 0.717) is 12.0 Å². The number of hydrogen-bond acceptors (Lipinski definition) is 2. The van der Waals surface area contributed by atoms with Gasteiger partial charge in [0, 0.05) is 17.9 Å². The number of rotatable bonds is 3. The summed E-state index contributed by atoms with van der Waals surface area (Å²) in [4.78, 5) is 6.64. The Bertz CT molecular complexity index is 275. The maximum absolute atomic E-state index is 4.46. The molecule has 1 atom stereocenters. The Morgan fingerprint density at radius 1 is 1.14 bits per heavy atom. The zero-order valence-electron chi connectivity index (χ0n) is 9.78. The minimum atomic E-state index is 0.434. The molecule has 0 fully saturated rings. The Morgan fingerprint density at radius 2 is 1.79 bits per heavy atom. The largest absolute Gasteiger partial charge is 0.303 e. The minimum Gasteiger partial charge on any atom is -0.303 e. The predicted octanol–water partition coefficient (Wildman–Crippen LogP) is 2.83. The molecule has 0 unspecified atom stereocenters. The smallest absolute Gasteiger partial charge is 0.0429 e. The van der Waals surface area contributed by atoms with E-state index in [9.17, 15) is 0 Å². The van der Waals surface area contributed by atoms with Crippen LogP contribution in [0, 0.1) is 0 Å². The first kappa shape index (κ1) is 11.2. The van der Waals surface area contributed by atoms with Gasteiger partial charge in [0.2, 0.25) is 0 Å². The Morgan fingerprint density at radius 3 is 2.14 bits per heavy atom. The van der Waals surface area contributed by atoms with E-state index in [-0.39, 0.29) is 0 Å². The third-order valence-corrected chi connectivity index (χ3v) is 2.66. The number of aromatic nitrogens is 1. The van der Waals surface area contributed by atoms with Crippen LogP contribution in [-0.2, 0) is 0 Å². The monoisotopic (exact) mass is 192 g/mol. The lowest BCUT2D eigenvalue weighted by atomic mass is 10.1. The third-order valence-electron chi connectivity index (χ3n) is 2.66. The highest BCUT2D eigenvalue weighted by atomic mass is 15.1. The van der Waals surface area contributed by atoms with Crippen LogP contribution in [0.15, 0.2) is 18.3 Å². The van der Waals surface area contributed by atoms with E-state index < -0.39 is 0 Å². The van der Waals surface area contributed by atoms with Gasteiger partial charge < -0.3 is 4.90 Å². The molecule has 1 aromatic heterocycles. The zero-order valence-corrected chi connectivity index (χ0v) is 9.78. The van der Waals surface area contributed by atoms with Gasteiger partial charge in [0.05, 0.1) is 0 Å². The molecule has 0 bridgehead atoms. The van der Waals surface area contributed by atoms with Gasteiger partial charge in [0.15, 0.2) is 0 Å². The first-order chi connectivity index (χ1) is 6.52. The van der Waals surface area contributed by atoms with Crippen molar-refractivity contribution < 1.29 is 0 Å². The predicted molar refractivity (Wildman–Crippen MR) is 60.4 cm³/mol. The zero-order chi connectivity index (χ0) is 10.7. The molecule has 2 heteroatoms. The lowest BCUT2D eigenvalue weighted by molar-refractivity contribution is 0.320. The lowest BCUT2D eigenvalue weighted by Crippen LogP contribution is -2.16. The Labute approximate surface area is 87.0 Å². The topological polar surface area (TPSA) is 16.1 Å². The fourth-order valence-corrected chi connectivity index (χ4v) is 1.30. The van der Waals surface area contributed by atoms with Gasteiger partial charge in [-0.3, -0.25) is 4.98 Å². The SMILES string of the molecule is CC(C)c1ccc([C@@H](C)N(C)C)cn1. The molecular weight excluding hydrogens is 172 g/mol. The fourth-order valence-electron chi connectivity index (χ4n) is 1.30. The van der Waals surface area contributed by atoms with Crippen molar-refractivity contribution in [3.05, 3.63) is 29.6 Å². The van der Waals surface area contributed by atoms with Gasteiger partial charge in [0.25, 0.3) is 0 Å². The number of hydrogen-bond donors (Lipinski definition) is 0. The van der Waals surface area contributed by atoms with Crippen molar-refractivity contribution in [2.75, 3.05) is 14.1 Å². The van der Waals surface area contributed by atoms with Gasteiger partial charge in [-0.2, -0.15) is 0 Å². The second-order valence-corrected chi connectivity index (χ2v) is 4.31. The van der Waals surface area contributed by atoms with Crippen LogP contribution in [0.4, 0.5) is 0 Å². The van der Waals surface area contributed by atoms with Crippen LogP contribution in [-0.4, -0.2) is 24.0 Å². The summed E-state index contributed by atoms with van der Waals surface area (Å²) in [6.45, 7) is 6.51. The highest BCUT2D eigenvalue weighted by Crippen LogP contribution is 2.18. The lowest BCUT2D eigenvalue weighted by Gasteiger charge is -2.20. The summed E-state index contributed by atoms with van der Waals surface area (Å²) >= 11 is 0. The third kappa shape index (κ3) is 2.55. The highest BCUT2D eigenvalue weighted by Gasteiger charge is 2.08. The van der Waals surface area contributed by atoms with Gasteiger partial charge in [-0.25, -0.2) is 0 Å². The molecule has 0 N–H and O–H groups in total. The van der Waals surface area contributed by atoms with Crippen molar-refractivity contribution in [3.8, 4) is 0 Å². The van der Waals surface area contributed by atoms with Crippen molar-refractivity contribution in [2.45, 2.75) is 32.7 Å². The summed E-state index contributed by atoms with van der Waals surface area (Å²) < 4.78 is 0. The van der Waals surface area contributed by atoms with Crippen molar-refractivity contribution in [2.24, 2.45) is 0 Å². The first-order valence-corrected chi connectivity index (χ1v) is 5.14. The molecule has 0 aromatic carbocycles. The van der Waals surface area contributed by atoms with Gasteiger partial charge in [-0.15, -0.1) is 0 Å². The van der Waals surface area contributed by atoms with E-state index in [0.717, 1.165) is 0 Å². The van der Waals surface area contributed by atoms with E-state index in [1.165, 1.54) is 11.3 Å². The van der Waals surface area contributed by atoms with Crippen molar-refractivity contribution in [1.82, 2.24) is 9.88 Å². The maximum Gasteiger partial charge on any atom is 0.0429 e. The molecule has 0 spiro atoms. The molecular formula is C12H20N2. The molecule has 78 valence electrons. The minimum absolute atomic E-state index is 0.434. The van der Waals surface area contributed by atoms with Crippen LogP contribution >= 0.6 is 0 Å². The van der Waals surface area contributed by atoms with Gasteiger partial charge in [0.1, 0.15) is 0 Å². The molecule has 1 heterocycles. The molecule has 1 aromatic rings. The van der Waals surface area contributed by atoms with Crippen LogP contribution in [0.3, 0.4) is 0 Å². The summed E-state index contributed by atoms with van der Waals surface area (Å²) in [5.41, 5.74) is 2.44. The van der Waals surface area contributed by atoms with Crippen molar-refractivity contribution >= 4 is 0 Å². The highest BCUT2D eigenvalue weighted by molar-refractivity contribution is 5.18. The molecule has 0 aliphatic carbocycles. The standard InChI is InChI=1S/C12H20N2/c1-9(2)12-7-6-11(8-13-12)10(3)14(4)5/h6-10H,1-5H3/t10-/m1/s1. The van der Waals surface area contributed by atoms with E-state index in [1.807, 2.05) is 6.20 Å². The molecule has 0 aliphatic rings. The van der Waals surface area contributed by atoms with E-state index in [1.54, 1.807) is 0 Å². The summed E-state index contributed by atoms with van der Waals surface area (Å²) in [7, 11) is 4.17. The normalized spacial score (nSPS) is 13.6. The Balaban J connectivity index is 2.83. The summed E-state index contributed by atoms with van der Waals surface area (Å²) in [5.74, 6) is 0.513. The second-order valence-electron chi connectivity index (χ2n) is 4.31. The fraction of sp³-hybridized carbons (Fsp3) is 0.583. The molecule has 0 radical (unpaired) electrons. The van der Waals surface area contributed by atoms with Gasteiger partial charge in [-0.1, -0.05) is 19.9 Å². The molecule has 0 saturated carbocycles. The Kier molecular flexibility index (Phi) is 3.64. The quantitative estimate of drug-likeness (QED) is 0.732. The molecule has 0 amide bonds. The summed E-state index contributed by atoms with van der Waals surface area (Å²) in [6.07, 6.45) is 1.99. The molecule has 2 nitrogen and oxygen atoms in total. The number of pyridine rings is 1. The van der Waals surface area contributed by atoms with Gasteiger partial charge >= 0.3 is 0 Å². The van der Waals surface area contributed by atoms with Gasteiger partial charge in [-0.05, 0) is 38.6 Å². The molecule has 0 saturated heterocycles. The van der Waals surface area contributed by atoms with E-state index >= 15 is 0 Å². The first-order valence-electron chi connectivity index (χ1n) is 5.14. The van der Waals surface area contributed by atoms with Crippen LogP contribution in [0.5, 0.6) is 0 Å². The average molecular weight is 192 g/mol. The Hall–Kier alpha value is -0.890. The molecule has 1 rings (SSSR count). The summed E-state index contributed by atoms with van der Waals surface area (Å²) in [6, 6.07) is 4.73. The molecule has 14 heavy (non-hydrogen) atoms. The van der Waals surface area contributed by atoms with Crippen LogP contribution in [0.2, 0.25) is 0 Å². The van der Waals surface area contributed by atoms with Crippen LogP contribution in [0.1, 0.15) is 44.0 Å². The van der Waals surface area contributed by atoms with E-state index in [2.05, 4.69) is 56.9 Å². The summed E-state index contributed by atoms with van der Waals surface area (Å²) in [5, 5.41) is 0. The van der Waals surface area contributed by atoms with Crippen molar-refractivity contribution in [1.29, 1.82) is 0 Å². The maximum atomic E-state index is 4.46.